The molecule has 0 unspecified atom stereocenters. The van der Waals surface area contributed by atoms with Gasteiger partial charge in [0.2, 0.25) is 5.91 Å². The standard InChI is InChI=1S/C19H18N2O3/c22-18(21-17-8-4-2-6-15(17)19(23)24)10-9-13-11-12-20-16-7-3-1-5-14(13)16/h1,3,5,7,9-12H,2,4,6,8H2,(H,21,22)(H,23,24)/b10-9+. The molecule has 122 valence electrons. The van der Waals surface area contributed by atoms with Gasteiger partial charge in [-0.1, -0.05) is 18.2 Å². The first kappa shape index (κ1) is 15.9. The van der Waals surface area contributed by atoms with E-state index in [-0.39, 0.29) is 5.91 Å². The van der Waals surface area contributed by atoms with Gasteiger partial charge in [0.1, 0.15) is 0 Å². The molecule has 0 saturated heterocycles. The molecule has 0 radical (unpaired) electrons. The highest BCUT2D eigenvalue weighted by atomic mass is 16.4. The Morgan fingerprint density at radius 1 is 1.12 bits per heavy atom. The minimum absolute atomic E-state index is 0.313. The van der Waals surface area contributed by atoms with E-state index in [2.05, 4.69) is 10.3 Å². The molecule has 1 aliphatic carbocycles. The Labute approximate surface area is 139 Å². The zero-order valence-corrected chi connectivity index (χ0v) is 13.2. The van der Waals surface area contributed by atoms with Gasteiger partial charge in [-0.2, -0.15) is 0 Å². The van der Waals surface area contributed by atoms with E-state index in [4.69, 9.17) is 0 Å². The van der Waals surface area contributed by atoms with Crippen LogP contribution in [-0.2, 0) is 9.59 Å². The first-order chi connectivity index (χ1) is 11.6. The SMILES string of the molecule is O=C(/C=C/c1ccnc2ccccc12)NC1=C(C(=O)O)CCCC1. The Balaban J connectivity index is 1.79. The average molecular weight is 322 g/mol. The fourth-order valence-corrected chi connectivity index (χ4v) is 2.90. The molecule has 1 amide bonds. The predicted molar refractivity (Wildman–Crippen MR) is 92.0 cm³/mol. The average Bonchev–Trinajstić information content (AvgIpc) is 2.60. The third kappa shape index (κ3) is 3.51. The Morgan fingerprint density at radius 2 is 1.92 bits per heavy atom. The number of nitrogens with one attached hydrogen (secondary N) is 1. The lowest BCUT2D eigenvalue weighted by atomic mass is 9.96. The monoisotopic (exact) mass is 322 g/mol. The molecule has 3 rings (SSSR count). The quantitative estimate of drug-likeness (QED) is 0.847. The van der Waals surface area contributed by atoms with Crippen molar-refractivity contribution >= 4 is 28.9 Å². The second-order valence-corrected chi connectivity index (χ2v) is 5.71. The third-order valence-corrected chi connectivity index (χ3v) is 4.10. The van der Waals surface area contributed by atoms with Gasteiger partial charge in [-0.3, -0.25) is 9.78 Å². The van der Waals surface area contributed by atoms with Crippen LogP contribution in [0.4, 0.5) is 0 Å². The van der Waals surface area contributed by atoms with Crippen molar-refractivity contribution in [3.05, 3.63) is 59.4 Å². The number of allylic oxidation sites excluding steroid dienone is 1. The first-order valence-corrected chi connectivity index (χ1v) is 7.93. The number of amides is 1. The highest BCUT2D eigenvalue weighted by Crippen LogP contribution is 2.23. The Kier molecular flexibility index (Phi) is 4.70. The number of nitrogens with zero attached hydrogens (tertiary/aromatic N) is 1. The second-order valence-electron chi connectivity index (χ2n) is 5.71. The van der Waals surface area contributed by atoms with E-state index >= 15 is 0 Å². The van der Waals surface area contributed by atoms with Crippen molar-refractivity contribution < 1.29 is 14.7 Å². The maximum Gasteiger partial charge on any atom is 0.333 e. The minimum atomic E-state index is -0.950. The topological polar surface area (TPSA) is 79.3 Å². The molecule has 0 fully saturated rings. The predicted octanol–water partition coefficient (Wildman–Crippen LogP) is 3.28. The van der Waals surface area contributed by atoms with Crippen molar-refractivity contribution in [3.63, 3.8) is 0 Å². The molecule has 1 aromatic heterocycles. The van der Waals surface area contributed by atoms with Gasteiger partial charge in [-0.15, -0.1) is 0 Å². The highest BCUT2D eigenvalue weighted by molar-refractivity contribution is 5.97. The first-order valence-electron chi connectivity index (χ1n) is 7.93. The van der Waals surface area contributed by atoms with Crippen LogP contribution in [0.2, 0.25) is 0 Å². The zero-order valence-electron chi connectivity index (χ0n) is 13.2. The van der Waals surface area contributed by atoms with Gasteiger partial charge in [-0.05, 0) is 49.5 Å². The van der Waals surface area contributed by atoms with Gasteiger partial charge in [0.05, 0.1) is 11.1 Å². The fourth-order valence-electron chi connectivity index (χ4n) is 2.90. The number of pyridine rings is 1. The number of hydrogen-bond acceptors (Lipinski definition) is 3. The fraction of sp³-hybridized carbons (Fsp3) is 0.211. The van der Waals surface area contributed by atoms with Crippen molar-refractivity contribution in [1.29, 1.82) is 0 Å². The van der Waals surface area contributed by atoms with E-state index in [1.807, 2.05) is 30.3 Å². The van der Waals surface area contributed by atoms with Crippen LogP contribution >= 0.6 is 0 Å². The number of aliphatic carboxylic acids is 1. The van der Waals surface area contributed by atoms with Gasteiger partial charge in [-0.25, -0.2) is 4.79 Å². The van der Waals surface area contributed by atoms with E-state index in [0.29, 0.717) is 24.1 Å². The van der Waals surface area contributed by atoms with Crippen LogP contribution in [0, 0.1) is 0 Å². The summed E-state index contributed by atoms with van der Waals surface area (Å²) < 4.78 is 0. The summed E-state index contributed by atoms with van der Waals surface area (Å²) in [4.78, 5) is 27.7. The molecule has 2 N–H and O–H groups in total. The Hall–Kier alpha value is -2.95. The van der Waals surface area contributed by atoms with Gasteiger partial charge >= 0.3 is 5.97 Å². The van der Waals surface area contributed by atoms with Crippen LogP contribution in [0.1, 0.15) is 31.2 Å². The molecule has 0 aliphatic heterocycles. The maximum atomic E-state index is 12.1. The lowest BCUT2D eigenvalue weighted by Crippen LogP contribution is -2.25. The normalized spacial score (nSPS) is 15.0. The van der Waals surface area contributed by atoms with Crippen molar-refractivity contribution in [3.8, 4) is 0 Å². The highest BCUT2D eigenvalue weighted by Gasteiger charge is 2.19. The number of carbonyl (C=O) groups excluding carboxylic acids is 1. The number of carboxylic acids is 1. The molecule has 1 aromatic carbocycles. The lowest BCUT2D eigenvalue weighted by molar-refractivity contribution is -0.133. The number of carboxylic acid groups (broad SMARTS) is 1. The largest absolute Gasteiger partial charge is 0.478 e. The van der Waals surface area contributed by atoms with Crippen molar-refractivity contribution in [2.24, 2.45) is 0 Å². The number of hydrogen-bond donors (Lipinski definition) is 2. The van der Waals surface area contributed by atoms with Crippen LogP contribution in [0.3, 0.4) is 0 Å². The molecule has 0 bridgehead atoms. The summed E-state index contributed by atoms with van der Waals surface area (Å²) in [5.41, 5.74) is 2.61. The number of rotatable bonds is 4. The number of para-hydroxylation sites is 1. The van der Waals surface area contributed by atoms with Crippen molar-refractivity contribution in [2.75, 3.05) is 0 Å². The summed E-state index contributed by atoms with van der Waals surface area (Å²) in [7, 11) is 0. The van der Waals surface area contributed by atoms with Crippen LogP contribution in [-0.4, -0.2) is 22.0 Å². The molecule has 1 aliphatic rings. The summed E-state index contributed by atoms with van der Waals surface area (Å²) in [6.07, 6.45) is 7.70. The summed E-state index contributed by atoms with van der Waals surface area (Å²) in [5.74, 6) is -1.26. The van der Waals surface area contributed by atoms with Crippen LogP contribution in [0.5, 0.6) is 0 Å². The number of fused-ring (bicyclic) bond motifs is 1. The van der Waals surface area contributed by atoms with Gasteiger partial charge < -0.3 is 10.4 Å². The van der Waals surface area contributed by atoms with Crippen LogP contribution in [0.25, 0.3) is 17.0 Å². The van der Waals surface area contributed by atoms with E-state index in [9.17, 15) is 14.7 Å². The summed E-state index contributed by atoms with van der Waals surface area (Å²) in [5, 5.41) is 12.9. The molecule has 0 spiro atoms. The zero-order chi connectivity index (χ0) is 16.9. The molecule has 2 aromatic rings. The van der Waals surface area contributed by atoms with Crippen molar-refractivity contribution in [2.45, 2.75) is 25.7 Å². The van der Waals surface area contributed by atoms with Gasteiger partial charge in [0.15, 0.2) is 0 Å². The summed E-state index contributed by atoms with van der Waals surface area (Å²) >= 11 is 0. The Bertz CT molecular complexity index is 847. The van der Waals surface area contributed by atoms with Crippen LogP contribution in [0.15, 0.2) is 53.9 Å². The molecule has 24 heavy (non-hydrogen) atoms. The summed E-state index contributed by atoms with van der Waals surface area (Å²) in [6, 6.07) is 9.55. The number of carbonyl (C=O) groups is 2. The lowest BCUT2D eigenvalue weighted by Gasteiger charge is -2.17. The minimum Gasteiger partial charge on any atom is -0.478 e. The van der Waals surface area contributed by atoms with E-state index in [1.54, 1.807) is 12.3 Å². The molecule has 5 heteroatoms. The van der Waals surface area contributed by atoms with E-state index < -0.39 is 5.97 Å². The number of aromatic nitrogens is 1. The van der Waals surface area contributed by atoms with Gasteiger partial charge in [0, 0.05) is 23.4 Å². The Morgan fingerprint density at radius 3 is 2.75 bits per heavy atom. The molecule has 0 saturated carbocycles. The molecule has 5 nitrogen and oxygen atoms in total. The van der Waals surface area contributed by atoms with E-state index in [1.165, 1.54) is 6.08 Å². The molecule has 1 heterocycles. The molecule has 0 atom stereocenters. The second kappa shape index (κ2) is 7.08. The van der Waals surface area contributed by atoms with Gasteiger partial charge in [0.25, 0.3) is 0 Å². The van der Waals surface area contributed by atoms with Crippen molar-refractivity contribution in [1.82, 2.24) is 10.3 Å². The summed E-state index contributed by atoms with van der Waals surface area (Å²) in [6.45, 7) is 0. The number of benzene rings is 1. The molecular weight excluding hydrogens is 304 g/mol. The smallest absolute Gasteiger partial charge is 0.333 e. The van der Waals surface area contributed by atoms with E-state index in [0.717, 1.165) is 29.3 Å². The third-order valence-electron chi connectivity index (χ3n) is 4.10. The molecular formula is C19H18N2O3. The maximum absolute atomic E-state index is 12.1. The van der Waals surface area contributed by atoms with Crippen LogP contribution < -0.4 is 5.32 Å².